The van der Waals surface area contributed by atoms with Crippen molar-refractivity contribution in [1.29, 1.82) is 0 Å². The number of aromatic nitrogens is 4. The van der Waals surface area contributed by atoms with Crippen molar-refractivity contribution in [3.63, 3.8) is 0 Å². The average molecular weight is 433 g/mol. The van der Waals surface area contributed by atoms with Crippen molar-refractivity contribution >= 4 is 49.6 Å². The van der Waals surface area contributed by atoms with Gasteiger partial charge in [0.15, 0.2) is 10.1 Å². The molecule has 146 valence electrons. The van der Waals surface area contributed by atoms with Crippen LogP contribution in [0.5, 0.6) is 0 Å². The second-order valence-electron chi connectivity index (χ2n) is 6.60. The third kappa shape index (κ3) is 3.42. The van der Waals surface area contributed by atoms with Crippen molar-refractivity contribution in [1.82, 2.24) is 18.9 Å². The monoisotopic (exact) mass is 432 g/mol. The zero-order valence-electron chi connectivity index (χ0n) is 15.9. The predicted molar refractivity (Wildman–Crippen MR) is 117 cm³/mol. The van der Waals surface area contributed by atoms with Gasteiger partial charge in [0, 0.05) is 34.8 Å². The van der Waals surface area contributed by atoms with E-state index >= 15 is 0 Å². The first-order valence-corrected chi connectivity index (χ1v) is 11.8. The van der Waals surface area contributed by atoms with E-state index in [0.717, 1.165) is 33.5 Å². The van der Waals surface area contributed by atoms with Crippen LogP contribution in [0.2, 0.25) is 0 Å². The maximum Gasteiger partial charge on any atom is 0.263 e. The second-order valence-corrected chi connectivity index (χ2v) is 9.62. The van der Waals surface area contributed by atoms with Crippen LogP contribution in [0, 0.1) is 13.8 Å². The molecule has 0 aliphatic carbocycles. The topological polar surface area (TPSA) is 69.3 Å². The number of thioether (sulfide) groups is 1. The van der Waals surface area contributed by atoms with Gasteiger partial charge in [0.1, 0.15) is 4.83 Å². The van der Waals surface area contributed by atoms with E-state index in [1.165, 1.54) is 27.5 Å². The quantitative estimate of drug-likeness (QED) is 0.337. The molecule has 28 heavy (non-hydrogen) atoms. The maximum absolute atomic E-state index is 13.1. The molecule has 0 aliphatic rings. The minimum Gasteiger partial charge on any atom is -0.287 e. The summed E-state index contributed by atoms with van der Waals surface area (Å²) in [6, 6.07) is 1.55. The van der Waals surface area contributed by atoms with Crippen molar-refractivity contribution < 1.29 is 0 Å². The first-order valence-electron chi connectivity index (χ1n) is 9.08. The first kappa shape index (κ1) is 19.4. The molecule has 4 aromatic rings. The normalized spacial score (nSPS) is 11.7. The average Bonchev–Trinajstić information content (AvgIpc) is 3.24. The fourth-order valence-corrected chi connectivity index (χ4v) is 5.76. The molecule has 4 heterocycles. The van der Waals surface area contributed by atoms with E-state index in [1.54, 1.807) is 28.2 Å². The van der Waals surface area contributed by atoms with Gasteiger partial charge < -0.3 is 0 Å². The Kier molecular flexibility index (Phi) is 5.39. The Bertz CT molecular complexity index is 1280. The highest BCUT2D eigenvalue weighted by Crippen LogP contribution is 2.29. The molecule has 0 radical (unpaired) electrons. The summed E-state index contributed by atoms with van der Waals surface area (Å²) in [7, 11) is 0. The van der Waals surface area contributed by atoms with Gasteiger partial charge in [0.25, 0.3) is 11.1 Å². The van der Waals surface area contributed by atoms with Gasteiger partial charge in [-0.05, 0) is 25.8 Å². The SMILES string of the molecule is CCCCn1c(SCc2cc(=O)n3ccsc3n2)nc2sc(C)c(C)c2c1=O. The van der Waals surface area contributed by atoms with E-state index < -0.39 is 0 Å². The first-order chi connectivity index (χ1) is 13.5. The van der Waals surface area contributed by atoms with E-state index in [0.29, 0.717) is 28.1 Å². The fraction of sp³-hybridized carbons (Fsp3) is 0.368. The van der Waals surface area contributed by atoms with Gasteiger partial charge in [-0.3, -0.25) is 18.6 Å². The molecule has 0 spiro atoms. The van der Waals surface area contributed by atoms with E-state index in [-0.39, 0.29) is 11.1 Å². The third-order valence-corrected chi connectivity index (χ3v) is 7.56. The van der Waals surface area contributed by atoms with E-state index in [1.807, 2.05) is 19.2 Å². The number of thiophene rings is 1. The van der Waals surface area contributed by atoms with E-state index in [9.17, 15) is 9.59 Å². The van der Waals surface area contributed by atoms with Crippen LogP contribution in [0.3, 0.4) is 0 Å². The minimum absolute atomic E-state index is 0.0320. The van der Waals surface area contributed by atoms with Crippen molar-refractivity contribution in [3.05, 3.63) is 54.5 Å². The largest absolute Gasteiger partial charge is 0.287 e. The number of thiazole rings is 1. The Hall–Kier alpha value is -1.97. The molecule has 0 fully saturated rings. The highest BCUT2D eigenvalue weighted by atomic mass is 32.2. The molecule has 0 N–H and O–H groups in total. The summed E-state index contributed by atoms with van der Waals surface area (Å²) in [6.45, 7) is 6.77. The number of hydrogen-bond donors (Lipinski definition) is 0. The summed E-state index contributed by atoms with van der Waals surface area (Å²) < 4.78 is 3.32. The van der Waals surface area contributed by atoms with Gasteiger partial charge in [-0.15, -0.1) is 22.7 Å². The second kappa shape index (κ2) is 7.81. The number of unbranched alkanes of at least 4 members (excludes halogenated alkanes) is 1. The molecule has 4 rings (SSSR count). The highest BCUT2D eigenvalue weighted by molar-refractivity contribution is 7.98. The summed E-state index contributed by atoms with van der Waals surface area (Å²) in [4.78, 5) is 37.3. The van der Waals surface area contributed by atoms with Gasteiger partial charge in [0.2, 0.25) is 0 Å². The number of fused-ring (bicyclic) bond motifs is 2. The molecule has 9 heteroatoms. The minimum atomic E-state index is -0.0851. The molecule has 0 saturated heterocycles. The Labute approximate surface area is 173 Å². The highest BCUT2D eigenvalue weighted by Gasteiger charge is 2.17. The molecule has 0 aliphatic heterocycles. The lowest BCUT2D eigenvalue weighted by Gasteiger charge is -2.11. The number of aryl methyl sites for hydroxylation is 2. The van der Waals surface area contributed by atoms with E-state index in [4.69, 9.17) is 4.98 Å². The summed E-state index contributed by atoms with van der Waals surface area (Å²) >= 11 is 4.46. The smallest absolute Gasteiger partial charge is 0.263 e. The summed E-state index contributed by atoms with van der Waals surface area (Å²) in [5.41, 5.74) is 1.67. The molecule has 0 bridgehead atoms. The van der Waals surface area contributed by atoms with Crippen molar-refractivity contribution in [2.45, 2.75) is 51.1 Å². The van der Waals surface area contributed by atoms with Crippen LogP contribution in [0.4, 0.5) is 0 Å². The zero-order valence-corrected chi connectivity index (χ0v) is 18.3. The number of hydrogen-bond acceptors (Lipinski definition) is 7. The van der Waals surface area contributed by atoms with E-state index in [2.05, 4.69) is 11.9 Å². The van der Waals surface area contributed by atoms with Crippen LogP contribution in [-0.2, 0) is 12.3 Å². The van der Waals surface area contributed by atoms with Gasteiger partial charge in [-0.25, -0.2) is 9.97 Å². The van der Waals surface area contributed by atoms with Gasteiger partial charge in [-0.1, -0.05) is 25.1 Å². The van der Waals surface area contributed by atoms with Crippen LogP contribution in [-0.4, -0.2) is 18.9 Å². The zero-order chi connectivity index (χ0) is 19.8. The summed E-state index contributed by atoms with van der Waals surface area (Å²) in [5, 5.41) is 3.28. The lowest BCUT2D eigenvalue weighted by Crippen LogP contribution is -2.23. The fourth-order valence-electron chi connectivity index (χ4n) is 3.03. The Morgan fingerprint density at radius 2 is 2.04 bits per heavy atom. The molecule has 0 saturated carbocycles. The molecular weight excluding hydrogens is 412 g/mol. The molecule has 6 nitrogen and oxygen atoms in total. The van der Waals surface area contributed by atoms with Crippen LogP contribution in [0.15, 0.2) is 32.4 Å². The molecule has 0 unspecified atom stereocenters. The Morgan fingerprint density at radius 3 is 2.82 bits per heavy atom. The van der Waals surface area contributed by atoms with Gasteiger partial charge >= 0.3 is 0 Å². The van der Waals surface area contributed by atoms with Crippen LogP contribution < -0.4 is 11.1 Å². The molecular formula is C19H20N4O2S3. The Balaban J connectivity index is 1.73. The molecule has 0 atom stereocenters. The molecule has 0 aromatic carbocycles. The lowest BCUT2D eigenvalue weighted by molar-refractivity contribution is 0.558. The third-order valence-electron chi connectivity index (χ3n) is 4.69. The molecule has 0 amide bonds. The van der Waals surface area contributed by atoms with Crippen LogP contribution in [0.25, 0.3) is 15.2 Å². The standard InChI is InChI=1S/C19H20N4O2S3/c1-4-5-6-23-17(25)15-11(2)12(3)28-16(15)21-19(23)27-10-13-9-14(24)22-7-8-26-18(22)20-13/h7-9H,4-6,10H2,1-3H3. The van der Waals surface area contributed by atoms with Crippen molar-refractivity contribution in [2.75, 3.05) is 0 Å². The van der Waals surface area contributed by atoms with Crippen molar-refractivity contribution in [2.24, 2.45) is 0 Å². The van der Waals surface area contributed by atoms with Crippen LogP contribution >= 0.6 is 34.4 Å². The maximum atomic E-state index is 13.1. The summed E-state index contributed by atoms with van der Waals surface area (Å²) in [5.74, 6) is 0.497. The van der Waals surface area contributed by atoms with Crippen molar-refractivity contribution in [3.8, 4) is 0 Å². The predicted octanol–water partition coefficient (Wildman–Crippen LogP) is 4.24. The van der Waals surface area contributed by atoms with Gasteiger partial charge in [-0.2, -0.15) is 0 Å². The molecule has 4 aromatic heterocycles. The number of nitrogens with zero attached hydrogens (tertiary/aromatic N) is 4. The summed E-state index contributed by atoms with van der Waals surface area (Å²) in [6.07, 6.45) is 3.65. The Morgan fingerprint density at radius 1 is 1.21 bits per heavy atom. The lowest BCUT2D eigenvalue weighted by atomic mass is 10.2. The van der Waals surface area contributed by atoms with Crippen LogP contribution in [0.1, 0.15) is 35.9 Å². The number of rotatable bonds is 6. The van der Waals surface area contributed by atoms with Gasteiger partial charge in [0.05, 0.1) is 11.1 Å².